The van der Waals surface area contributed by atoms with Gasteiger partial charge >= 0.3 is 0 Å². The fourth-order valence-electron chi connectivity index (χ4n) is 4.18. The first-order valence-electron chi connectivity index (χ1n) is 11.4. The fraction of sp³-hybridized carbons (Fsp3) is 0.400. The first kappa shape index (κ1) is 23.9. The van der Waals surface area contributed by atoms with Gasteiger partial charge in [0.15, 0.2) is 4.80 Å². The summed E-state index contributed by atoms with van der Waals surface area (Å²) in [4.78, 5) is 6.07. The van der Waals surface area contributed by atoms with Crippen molar-refractivity contribution in [3.63, 3.8) is 0 Å². The molecule has 8 heteroatoms. The summed E-state index contributed by atoms with van der Waals surface area (Å²) in [5, 5.41) is 2.06. The molecule has 0 unspecified atom stereocenters. The Morgan fingerprint density at radius 3 is 2.73 bits per heavy atom. The molecule has 1 aromatic heterocycles. The van der Waals surface area contributed by atoms with Gasteiger partial charge < -0.3 is 9.30 Å². The molecule has 0 amide bonds. The Hall–Kier alpha value is -2.26. The molecule has 0 bridgehead atoms. The zero-order valence-corrected chi connectivity index (χ0v) is 20.8. The van der Waals surface area contributed by atoms with Crippen LogP contribution in [0.5, 0.6) is 0 Å². The lowest BCUT2D eigenvalue weighted by Gasteiger charge is -2.30. The molecule has 33 heavy (non-hydrogen) atoms. The fourth-order valence-corrected chi connectivity index (χ4v) is 6.78. The predicted octanol–water partition coefficient (Wildman–Crippen LogP) is 4.91. The monoisotopic (exact) mass is 485 g/mol. The number of benzene rings is 2. The maximum absolute atomic E-state index is 13.3. The maximum atomic E-state index is 13.3. The van der Waals surface area contributed by atoms with Gasteiger partial charge in [0.1, 0.15) is 0 Å². The lowest BCUT2D eigenvalue weighted by molar-refractivity contribution is 0.190. The SMILES string of the molecule is COCCCn1c(-c2cccc(S(=O)(=O)N3CCC[C@@H](C)C3)c2)csc1=Nc1ccccc1. The number of thiazole rings is 1. The second kappa shape index (κ2) is 10.8. The van der Waals surface area contributed by atoms with Gasteiger partial charge in [-0.25, -0.2) is 13.4 Å². The van der Waals surface area contributed by atoms with Crippen LogP contribution in [0.15, 0.2) is 69.9 Å². The Morgan fingerprint density at radius 2 is 1.97 bits per heavy atom. The number of hydrogen-bond acceptors (Lipinski definition) is 5. The molecule has 0 spiro atoms. The molecule has 2 aromatic carbocycles. The van der Waals surface area contributed by atoms with Crippen LogP contribution in [0.1, 0.15) is 26.2 Å². The topological polar surface area (TPSA) is 63.9 Å². The van der Waals surface area contributed by atoms with Gasteiger partial charge in [0.2, 0.25) is 10.0 Å². The molecule has 6 nitrogen and oxygen atoms in total. The van der Waals surface area contributed by atoms with Crippen LogP contribution in [0.2, 0.25) is 0 Å². The minimum atomic E-state index is -3.52. The van der Waals surface area contributed by atoms with Crippen LogP contribution in [0.25, 0.3) is 11.3 Å². The summed E-state index contributed by atoms with van der Waals surface area (Å²) in [5.41, 5.74) is 2.74. The van der Waals surface area contributed by atoms with E-state index >= 15 is 0 Å². The van der Waals surface area contributed by atoms with Crippen LogP contribution in [-0.2, 0) is 21.3 Å². The third-order valence-electron chi connectivity index (χ3n) is 5.90. The van der Waals surface area contributed by atoms with E-state index in [0.717, 1.165) is 47.6 Å². The van der Waals surface area contributed by atoms with E-state index in [1.165, 1.54) is 0 Å². The van der Waals surface area contributed by atoms with Gasteiger partial charge in [-0.05, 0) is 49.4 Å². The number of piperidine rings is 1. The standard InChI is InChI=1S/C25H31N3O3S2/c1-20-9-7-14-27(18-20)33(29,30)23-13-6-10-21(17-23)24-19-32-25(28(24)15-8-16-31-2)26-22-11-4-3-5-12-22/h3-6,10-13,17,19-20H,7-9,14-16,18H2,1-2H3/t20-/m1/s1. The third-order valence-corrected chi connectivity index (χ3v) is 8.62. The minimum Gasteiger partial charge on any atom is -0.385 e. The van der Waals surface area contributed by atoms with Crippen LogP contribution in [0.3, 0.4) is 0 Å². The first-order valence-corrected chi connectivity index (χ1v) is 13.7. The number of para-hydroxylation sites is 1. The van der Waals surface area contributed by atoms with Crippen molar-refractivity contribution in [2.75, 3.05) is 26.8 Å². The quantitative estimate of drug-likeness (QED) is 0.426. The van der Waals surface area contributed by atoms with Gasteiger partial charge in [-0.15, -0.1) is 11.3 Å². The van der Waals surface area contributed by atoms with E-state index < -0.39 is 10.0 Å². The molecule has 1 atom stereocenters. The van der Waals surface area contributed by atoms with Crippen LogP contribution < -0.4 is 4.80 Å². The molecule has 2 heterocycles. The van der Waals surface area contributed by atoms with Crippen molar-refractivity contribution in [3.8, 4) is 11.3 Å². The van der Waals surface area contributed by atoms with E-state index in [2.05, 4.69) is 16.9 Å². The number of ether oxygens (including phenoxy) is 1. The highest BCUT2D eigenvalue weighted by Gasteiger charge is 2.29. The molecule has 3 aromatic rings. The van der Waals surface area contributed by atoms with Crippen molar-refractivity contribution >= 4 is 27.0 Å². The maximum Gasteiger partial charge on any atom is 0.243 e. The van der Waals surface area contributed by atoms with Crippen molar-refractivity contribution in [2.24, 2.45) is 10.9 Å². The van der Waals surface area contributed by atoms with E-state index in [9.17, 15) is 8.42 Å². The molecule has 0 N–H and O–H groups in total. The molecular weight excluding hydrogens is 454 g/mol. The summed E-state index contributed by atoms with van der Waals surface area (Å²) in [6.07, 6.45) is 2.83. The van der Waals surface area contributed by atoms with Gasteiger partial charge in [-0.2, -0.15) is 4.31 Å². The third kappa shape index (κ3) is 5.63. The average molecular weight is 486 g/mol. The van der Waals surface area contributed by atoms with Crippen LogP contribution >= 0.6 is 11.3 Å². The van der Waals surface area contributed by atoms with E-state index in [-0.39, 0.29) is 0 Å². The number of aromatic nitrogens is 1. The Balaban J connectivity index is 1.72. The molecule has 4 rings (SSSR count). The van der Waals surface area contributed by atoms with E-state index in [0.29, 0.717) is 30.5 Å². The van der Waals surface area contributed by atoms with Crippen molar-refractivity contribution in [3.05, 3.63) is 64.8 Å². The van der Waals surface area contributed by atoms with Crippen molar-refractivity contribution in [1.29, 1.82) is 0 Å². The van der Waals surface area contributed by atoms with Gasteiger partial charge in [-0.1, -0.05) is 37.3 Å². The van der Waals surface area contributed by atoms with E-state index in [4.69, 9.17) is 9.73 Å². The summed E-state index contributed by atoms with van der Waals surface area (Å²) in [6.45, 7) is 4.67. The Kier molecular flexibility index (Phi) is 7.80. The van der Waals surface area contributed by atoms with Crippen LogP contribution in [0.4, 0.5) is 5.69 Å². The van der Waals surface area contributed by atoms with Crippen LogP contribution in [0, 0.1) is 5.92 Å². The van der Waals surface area contributed by atoms with Crippen molar-refractivity contribution in [2.45, 2.75) is 37.6 Å². The smallest absolute Gasteiger partial charge is 0.243 e. The van der Waals surface area contributed by atoms with Crippen molar-refractivity contribution < 1.29 is 13.2 Å². The normalized spacial score (nSPS) is 18.0. The lowest BCUT2D eigenvalue weighted by atomic mass is 10.0. The minimum absolute atomic E-state index is 0.352. The molecule has 176 valence electrons. The summed E-state index contributed by atoms with van der Waals surface area (Å²) in [6, 6.07) is 17.2. The van der Waals surface area contributed by atoms with Gasteiger partial charge in [0, 0.05) is 44.3 Å². The molecule has 1 aliphatic heterocycles. The Morgan fingerprint density at radius 1 is 1.15 bits per heavy atom. The number of methoxy groups -OCH3 is 1. The summed E-state index contributed by atoms with van der Waals surface area (Å²) in [7, 11) is -1.82. The molecule has 1 fully saturated rings. The average Bonchev–Trinajstić information content (AvgIpc) is 3.22. The summed E-state index contributed by atoms with van der Waals surface area (Å²) < 4.78 is 35.7. The Labute approximate surface area is 200 Å². The van der Waals surface area contributed by atoms with Gasteiger partial charge in [-0.3, -0.25) is 0 Å². The highest BCUT2D eigenvalue weighted by atomic mass is 32.2. The molecule has 0 saturated carbocycles. The lowest BCUT2D eigenvalue weighted by Crippen LogP contribution is -2.39. The Bertz CT molecular complexity index is 1230. The number of rotatable bonds is 8. The number of sulfonamides is 1. The predicted molar refractivity (Wildman–Crippen MR) is 133 cm³/mol. The summed E-state index contributed by atoms with van der Waals surface area (Å²) >= 11 is 1.56. The molecule has 0 aliphatic carbocycles. The zero-order chi connectivity index (χ0) is 23.3. The molecule has 0 radical (unpaired) electrons. The second-order valence-electron chi connectivity index (χ2n) is 8.49. The van der Waals surface area contributed by atoms with E-state index in [1.807, 2.05) is 42.5 Å². The molecular formula is C25H31N3O3S2. The molecule has 1 aliphatic rings. The highest BCUT2D eigenvalue weighted by Crippen LogP contribution is 2.28. The van der Waals surface area contributed by atoms with Crippen molar-refractivity contribution in [1.82, 2.24) is 8.87 Å². The van der Waals surface area contributed by atoms with Crippen LogP contribution in [-0.4, -0.2) is 44.1 Å². The highest BCUT2D eigenvalue weighted by molar-refractivity contribution is 7.89. The van der Waals surface area contributed by atoms with E-state index in [1.54, 1.807) is 34.9 Å². The largest absolute Gasteiger partial charge is 0.385 e. The molecule has 1 saturated heterocycles. The number of nitrogens with zero attached hydrogens (tertiary/aromatic N) is 3. The first-order chi connectivity index (χ1) is 16.0. The second-order valence-corrected chi connectivity index (χ2v) is 11.3. The zero-order valence-electron chi connectivity index (χ0n) is 19.2. The van der Waals surface area contributed by atoms with Gasteiger partial charge in [0.05, 0.1) is 16.3 Å². The van der Waals surface area contributed by atoms with Gasteiger partial charge in [0.25, 0.3) is 0 Å². The summed E-state index contributed by atoms with van der Waals surface area (Å²) in [5.74, 6) is 0.388. The number of hydrogen-bond donors (Lipinski definition) is 0.